The molecule has 162 valence electrons. The predicted octanol–water partition coefficient (Wildman–Crippen LogP) is 3.07. The number of carboxylic acid groups (broad SMARTS) is 2. The Bertz CT molecular complexity index is 785. The van der Waals surface area contributed by atoms with Gasteiger partial charge in [0.1, 0.15) is 0 Å². The second-order valence-corrected chi connectivity index (χ2v) is 7.71. The van der Waals surface area contributed by atoms with Crippen LogP contribution in [0.1, 0.15) is 50.7 Å². The van der Waals surface area contributed by atoms with Crippen LogP contribution in [-0.2, 0) is 15.8 Å². The molecule has 0 radical (unpaired) electrons. The molecule has 1 heterocycles. The number of aliphatic carboxylic acids is 2. The van der Waals surface area contributed by atoms with E-state index in [9.17, 15) is 33.0 Å². The van der Waals surface area contributed by atoms with Gasteiger partial charge in [-0.1, -0.05) is 25.1 Å². The van der Waals surface area contributed by atoms with E-state index in [1.807, 2.05) is 0 Å². The van der Waals surface area contributed by atoms with Crippen LogP contribution in [-0.4, -0.2) is 40.8 Å². The zero-order chi connectivity index (χ0) is 22.2. The zero-order valence-corrected chi connectivity index (χ0v) is 16.6. The zero-order valence-electron chi connectivity index (χ0n) is 16.6. The summed E-state index contributed by atoms with van der Waals surface area (Å²) >= 11 is 0. The third-order valence-electron chi connectivity index (χ3n) is 6.59. The van der Waals surface area contributed by atoms with Crippen molar-refractivity contribution in [3.05, 3.63) is 35.4 Å². The molecule has 0 aliphatic carbocycles. The number of carboxylic acids is 2. The molecule has 1 aromatic carbocycles. The smallest absolute Gasteiger partial charge is 0.416 e. The van der Waals surface area contributed by atoms with Gasteiger partial charge in [0.15, 0.2) is 0 Å². The van der Waals surface area contributed by atoms with E-state index in [-0.39, 0.29) is 24.9 Å². The Kier molecular flexibility index (Phi) is 6.34. The van der Waals surface area contributed by atoms with Crippen LogP contribution in [0.2, 0.25) is 0 Å². The van der Waals surface area contributed by atoms with Crippen molar-refractivity contribution in [2.24, 2.45) is 16.6 Å². The Labute approximate surface area is 167 Å². The average molecular weight is 416 g/mol. The van der Waals surface area contributed by atoms with E-state index in [1.165, 1.54) is 18.2 Å². The summed E-state index contributed by atoms with van der Waals surface area (Å²) in [4.78, 5) is 25.1. The van der Waals surface area contributed by atoms with Crippen LogP contribution in [0.5, 0.6) is 0 Å². The lowest BCUT2D eigenvalue weighted by molar-refractivity contribution is -0.175. The molecule has 1 aliphatic rings. The van der Waals surface area contributed by atoms with E-state index in [0.29, 0.717) is 0 Å². The minimum atomic E-state index is -4.76. The first-order chi connectivity index (χ1) is 13.4. The molecule has 5 N–H and O–H groups in total. The fraction of sp³-hybridized carbons (Fsp3) is 0.600. The molecule has 0 aromatic heterocycles. The lowest BCUT2D eigenvalue weighted by Crippen LogP contribution is -2.70. The average Bonchev–Trinajstić information content (AvgIpc) is 2.62. The Hall–Kier alpha value is -2.13. The second-order valence-electron chi connectivity index (χ2n) is 7.71. The topological polar surface area (TPSA) is 113 Å². The maximum atomic E-state index is 13.9. The molecule has 0 spiro atoms. The highest BCUT2D eigenvalue weighted by molar-refractivity contribution is 5.84. The molecule has 1 aromatic rings. The predicted molar refractivity (Wildman–Crippen MR) is 100 cm³/mol. The Balaban J connectivity index is 3.01. The van der Waals surface area contributed by atoms with Crippen molar-refractivity contribution in [1.29, 1.82) is 0 Å². The molecule has 5 unspecified atom stereocenters. The number of alkyl halides is 3. The number of rotatable bonds is 6. The van der Waals surface area contributed by atoms with Gasteiger partial charge in [0.25, 0.3) is 0 Å². The molecule has 0 amide bonds. The third kappa shape index (κ3) is 3.40. The quantitative estimate of drug-likeness (QED) is 0.567. The van der Waals surface area contributed by atoms with Gasteiger partial charge in [-0.3, -0.25) is 9.59 Å². The lowest BCUT2D eigenvalue weighted by Gasteiger charge is -2.57. The summed E-state index contributed by atoms with van der Waals surface area (Å²) in [7, 11) is 0. The van der Waals surface area contributed by atoms with Gasteiger partial charge in [-0.25, -0.2) is 0 Å². The SMILES string of the molecule is CCC1(C(=O)O)C(C)NC(C)C(CCN)(C(=O)O)C1c1ccccc1C(F)(F)F. The first-order valence-electron chi connectivity index (χ1n) is 9.50. The fourth-order valence-corrected chi connectivity index (χ4v) is 5.18. The molecule has 5 atom stereocenters. The van der Waals surface area contributed by atoms with Gasteiger partial charge in [-0.05, 0) is 44.9 Å². The van der Waals surface area contributed by atoms with Crippen LogP contribution in [0.25, 0.3) is 0 Å². The third-order valence-corrected chi connectivity index (χ3v) is 6.59. The fourth-order valence-electron chi connectivity index (χ4n) is 5.18. The van der Waals surface area contributed by atoms with Gasteiger partial charge in [-0.15, -0.1) is 0 Å². The van der Waals surface area contributed by atoms with Gasteiger partial charge in [0.05, 0.1) is 16.4 Å². The van der Waals surface area contributed by atoms with Crippen LogP contribution in [0.3, 0.4) is 0 Å². The van der Waals surface area contributed by atoms with E-state index < -0.39 is 52.5 Å². The summed E-state index contributed by atoms with van der Waals surface area (Å²) in [5.74, 6) is -4.14. The van der Waals surface area contributed by atoms with Crippen molar-refractivity contribution in [3.63, 3.8) is 0 Å². The maximum Gasteiger partial charge on any atom is 0.416 e. The summed E-state index contributed by atoms with van der Waals surface area (Å²) < 4.78 is 41.6. The standard InChI is InChI=1S/C20H27F3N2O4/c1-4-18(16(26)27)11(2)25-12(3)19(9-10-24,17(28)29)15(18)13-7-5-6-8-14(13)20(21,22)23/h5-8,11-12,15,25H,4,9-10,24H2,1-3H3,(H,26,27)(H,28,29). The van der Waals surface area contributed by atoms with Crippen LogP contribution < -0.4 is 11.1 Å². The molecule has 2 rings (SSSR count). The molecule has 0 bridgehead atoms. The highest BCUT2D eigenvalue weighted by atomic mass is 19.4. The van der Waals surface area contributed by atoms with Crippen LogP contribution in [0.15, 0.2) is 24.3 Å². The molecule has 9 heteroatoms. The van der Waals surface area contributed by atoms with Crippen molar-refractivity contribution in [3.8, 4) is 0 Å². The highest BCUT2D eigenvalue weighted by Crippen LogP contribution is 2.59. The normalized spacial score (nSPS) is 32.7. The minimum Gasteiger partial charge on any atom is -0.481 e. The Morgan fingerprint density at radius 2 is 1.62 bits per heavy atom. The van der Waals surface area contributed by atoms with E-state index in [0.717, 1.165) is 6.07 Å². The number of nitrogens with two attached hydrogens (primary N) is 1. The summed E-state index contributed by atoms with van der Waals surface area (Å²) in [5.41, 5.74) is 0.737. The van der Waals surface area contributed by atoms with Crippen LogP contribution in [0.4, 0.5) is 13.2 Å². The van der Waals surface area contributed by atoms with Crippen LogP contribution >= 0.6 is 0 Å². The number of hydrogen-bond donors (Lipinski definition) is 4. The van der Waals surface area contributed by atoms with E-state index in [1.54, 1.807) is 20.8 Å². The molecular weight excluding hydrogens is 389 g/mol. The number of piperidine rings is 1. The number of carbonyl (C=O) groups is 2. The van der Waals surface area contributed by atoms with Gasteiger partial charge >= 0.3 is 18.1 Å². The maximum absolute atomic E-state index is 13.9. The van der Waals surface area contributed by atoms with Crippen molar-refractivity contribution in [2.75, 3.05) is 6.54 Å². The summed E-state index contributed by atoms with van der Waals surface area (Å²) in [6.45, 7) is 4.58. The van der Waals surface area contributed by atoms with E-state index in [2.05, 4.69) is 5.32 Å². The molecule has 1 saturated heterocycles. The molecular formula is C20H27F3N2O4. The van der Waals surface area contributed by atoms with E-state index in [4.69, 9.17) is 5.73 Å². The summed E-state index contributed by atoms with van der Waals surface area (Å²) in [6.07, 6.45) is -4.99. The first kappa shape index (κ1) is 23.2. The van der Waals surface area contributed by atoms with Crippen molar-refractivity contribution in [2.45, 2.75) is 57.8 Å². The number of nitrogens with one attached hydrogen (secondary N) is 1. The molecule has 1 aliphatic heterocycles. The van der Waals surface area contributed by atoms with Gasteiger partial charge in [0.2, 0.25) is 0 Å². The van der Waals surface area contributed by atoms with Crippen molar-refractivity contribution >= 4 is 11.9 Å². The number of halogens is 3. The minimum absolute atomic E-state index is 0.0559. The monoisotopic (exact) mass is 416 g/mol. The molecule has 1 fully saturated rings. The lowest BCUT2D eigenvalue weighted by atomic mass is 9.49. The highest BCUT2D eigenvalue weighted by Gasteiger charge is 2.66. The Morgan fingerprint density at radius 3 is 2.07 bits per heavy atom. The van der Waals surface area contributed by atoms with Crippen molar-refractivity contribution < 1.29 is 33.0 Å². The first-order valence-corrected chi connectivity index (χ1v) is 9.50. The number of hydrogen-bond acceptors (Lipinski definition) is 4. The number of benzene rings is 1. The molecule has 29 heavy (non-hydrogen) atoms. The second kappa shape index (κ2) is 7.95. The summed E-state index contributed by atoms with van der Waals surface area (Å²) in [5, 5.41) is 23.5. The van der Waals surface area contributed by atoms with Gasteiger partial charge in [-0.2, -0.15) is 13.2 Å². The van der Waals surface area contributed by atoms with E-state index >= 15 is 0 Å². The van der Waals surface area contributed by atoms with Crippen molar-refractivity contribution in [1.82, 2.24) is 5.32 Å². The largest absolute Gasteiger partial charge is 0.481 e. The molecule has 0 saturated carbocycles. The van der Waals surface area contributed by atoms with Gasteiger partial charge < -0.3 is 21.3 Å². The Morgan fingerprint density at radius 1 is 1.10 bits per heavy atom. The molecule has 6 nitrogen and oxygen atoms in total. The summed E-state index contributed by atoms with van der Waals surface area (Å²) in [6, 6.07) is 3.07. The van der Waals surface area contributed by atoms with Gasteiger partial charge in [0, 0.05) is 18.0 Å². The van der Waals surface area contributed by atoms with Crippen LogP contribution in [0, 0.1) is 10.8 Å².